The lowest BCUT2D eigenvalue weighted by Gasteiger charge is -2.06. The van der Waals surface area contributed by atoms with Crippen molar-refractivity contribution in [2.45, 2.75) is 32.2 Å². The minimum absolute atomic E-state index is 0.219. The lowest BCUT2D eigenvalue weighted by Crippen LogP contribution is -2.12. The average Bonchev–Trinajstić information content (AvgIpc) is 2.95. The lowest BCUT2D eigenvalue weighted by molar-refractivity contribution is 0.149. The highest BCUT2D eigenvalue weighted by Crippen LogP contribution is 2.15. The number of rotatable bonds is 8. The highest BCUT2D eigenvalue weighted by atomic mass is 16.5. The third kappa shape index (κ3) is 4.43. The molecule has 0 aliphatic rings. The van der Waals surface area contributed by atoms with Crippen molar-refractivity contribution in [1.82, 2.24) is 10.1 Å². The first-order valence-electron chi connectivity index (χ1n) is 6.99. The zero-order valence-corrected chi connectivity index (χ0v) is 11.8. The molecule has 2 aromatic rings. The van der Waals surface area contributed by atoms with E-state index < -0.39 is 0 Å². The van der Waals surface area contributed by atoms with Crippen molar-refractivity contribution in [1.29, 1.82) is 0 Å². The van der Waals surface area contributed by atoms with E-state index in [1.54, 1.807) is 0 Å². The van der Waals surface area contributed by atoms with Gasteiger partial charge in [0, 0.05) is 13.0 Å². The Morgan fingerprint density at radius 3 is 2.80 bits per heavy atom. The van der Waals surface area contributed by atoms with E-state index in [1.165, 1.54) is 5.56 Å². The maximum absolute atomic E-state index is 6.08. The predicted octanol–water partition coefficient (Wildman–Crippen LogP) is 2.28. The first-order chi connectivity index (χ1) is 9.79. The molecule has 0 fully saturated rings. The number of aromatic nitrogens is 2. The maximum atomic E-state index is 6.08. The van der Waals surface area contributed by atoms with Crippen LogP contribution in [0.15, 0.2) is 34.9 Å². The van der Waals surface area contributed by atoms with Crippen molar-refractivity contribution >= 4 is 0 Å². The van der Waals surface area contributed by atoms with Crippen molar-refractivity contribution < 1.29 is 9.26 Å². The quantitative estimate of drug-likeness (QED) is 0.748. The summed E-state index contributed by atoms with van der Waals surface area (Å²) in [6.45, 7) is 3.26. The van der Waals surface area contributed by atoms with Crippen LogP contribution < -0.4 is 5.73 Å². The second-order valence-corrected chi connectivity index (χ2v) is 4.63. The van der Waals surface area contributed by atoms with Gasteiger partial charge in [-0.3, -0.25) is 0 Å². The molecule has 0 aliphatic carbocycles. The van der Waals surface area contributed by atoms with Crippen molar-refractivity contribution in [2.24, 2.45) is 5.73 Å². The summed E-state index contributed by atoms with van der Waals surface area (Å²) in [5.41, 5.74) is 7.35. The maximum Gasteiger partial charge on any atom is 0.243 e. The number of nitrogens with two attached hydrogens (primary N) is 1. The van der Waals surface area contributed by atoms with Gasteiger partial charge in [0.2, 0.25) is 5.89 Å². The van der Waals surface area contributed by atoms with E-state index in [2.05, 4.69) is 22.3 Å². The third-order valence-electron chi connectivity index (χ3n) is 3.06. The van der Waals surface area contributed by atoms with Crippen LogP contribution in [0, 0.1) is 0 Å². The summed E-state index contributed by atoms with van der Waals surface area (Å²) in [7, 11) is 0. The molecule has 5 nitrogen and oxygen atoms in total. The fourth-order valence-corrected chi connectivity index (χ4v) is 1.92. The van der Waals surface area contributed by atoms with Gasteiger partial charge >= 0.3 is 0 Å². The molecule has 2 rings (SSSR count). The van der Waals surface area contributed by atoms with E-state index in [4.69, 9.17) is 15.0 Å². The number of ether oxygens (including phenoxy) is 1. The lowest BCUT2D eigenvalue weighted by atomic mass is 10.1. The Hall–Kier alpha value is -1.72. The number of hydrogen-bond acceptors (Lipinski definition) is 5. The van der Waals surface area contributed by atoms with Gasteiger partial charge in [-0.15, -0.1) is 0 Å². The van der Waals surface area contributed by atoms with E-state index >= 15 is 0 Å². The number of aryl methyl sites for hydroxylation is 1. The Bertz CT molecular complexity index is 499. The van der Waals surface area contributed by atoms with Gasteiger partial charge in [-0.25, -0.2) is 0 Å². The Morgan fingerprint density at radius 2 is 2.05 bits per heavy atom. The van der Waals surface area contributed by atoms with E-state index in [-0.39, 0.29) is 6.04 Å². The number of hydrogen-bond donors (Lipinski definition) is 1. The van der Waals surface area contributed by atoms with Crippen LogP contribution in [-0.4, -0.2) is 23.4 Å². The van der Waals surface area contributed by atoms with Crippen molar-refractivity contribution in [2.75, 3.05) is 13.2 Å². The summed E-state index contributed by atoms with van der Waals surface area (Å²) < 4.78 is 10.5. The Morgan fingerprint density at radius 1 is 1.25 bits per heavy atom. The minimum Gasteiger partial charge on any atom is -0.381 e. The fraction of sp³-hybridized carbons (Fsp3) is 0.467. The molecular formula is C15H21N3O2. The summed E-state index contributed by atoms with van der Waals surface area (Å²) in [5.74, 6) is 1.16. The zero-order valence-electron chi connectivity index (χ0n) is 11.8. The molecule has 0 radical (unpaired) electrons. The molecule has 0 saturated heterocycles. The van der Waals surface area contributed by atoms with Gasteiger partial charge in [-0.05, 0) is 25.3 Å². The smallest absolute Gasteiger partial charge is 0.243 e. The topological polar surface area (TPSA) is 74.2 Å². The van der Waals surface area contributed by atoms with Gasteiger partial charge in [0.1, 0.15) is 0 Å². The summed E-state index contributed by atoms with van der Waals surface area (Å²) in [5, 5.41) is 3.92. The molecule has 0 aliphatic heterocycles. The molecule has 1 atom stereocenters. The van der Waals surface area contributed by atoms with Gasteiger partial charge in [-0.1, -0.05) is 35.5 Å². The summed E-state index contributed by atoms with van der Waals surface area (Å²) in [6.07, 6.45) is 2.35. The van der Waals surface area contributed by atoms with Crippen LogP contribution in [0.1, 0.15) is 36.7 Å². The van der Waals surface area contributed by atoms with Gasteiger partial charge in [-0.2, -0.15) is 4.98 Å². The van der Waals surface area contributed by atoms with Gasteiger partial charge in [0.05, 0.1) is 12.6 Å². The molecule has 5 heteroatoms. The van der Waals surface area contributed by atoms with Crippen molar-refractivity contribution in [3.05, 3.63) is 47.6 Å². The Kier molecular flexibility index (Phi) is 5.70. The molecule has 0 unspecified atom stereocenters. The van der Waals surface area contributed by atoms with Crippen LogP contribution in [0.25, 0.3) is 0 Å². The summed E-state index contributed by atoms with van der Waals surface area (Å²) >= 11 is 0. The van der Waals surface area contributed by atoms with Crippen molar-refractivity contribution in [3.63, 3.8) is 0 Å². The highest BCUT2D eigenvalue weighted by Gasteiger charge is 2.14. The SMILES string of the molecule is CCOCCc1noc([C@@H](N)CCc2ccccc2)n1. The second-order valence-electron chi connectivity index (χ2n) is 4.63. The van der Waals surface area contributed by atoms with E-state index in [1.807, 2.05) is 25.1 Å². The molecule has 0 amide bonds. The largest absolute Gasteiger partial charge is 0.381 e. The molecule has 108 valence electrons. The number of nitrogens with zero attached hydrogens (tertiary/aromatic N) is 2. The first-order valence-corrected chi connectivity index (χ1v) is 6.99. The van der Waals surface area contributed by atoms with Crippen LogP contribution in [0.4, 0.5) is 0 Å². The number of benzene rings is 1. The molecule has 0 saturated carbocycles. The van der Waals surface area contributed by atoms with Gasteiger partial charge in [0.25, 0.3) is 0 Å². The van der Waals surface area contributed by atoms with E-state index in [9.17, 15) is 0 Å². The Labute approximate surface area is 119 Å². The zero-order chi connectivity index (χ0) is 14.2. The van der Waals surface area contributed by atoms with E-state index in [0.29, 0.717) is 31.3 Å². The molecular weight excluding hydrogens is 254 g/mol. The summed E-state index contributed by atoms with van der Waals surface area (Å²) in [4.78, 5) is 4.31. The van der Waals surface area contributed by atoms with Crippen LogP contribution in [0.3, 0.4) is 0 Å². The monoisotopic (exact) mass is 275 g/mol. The standard InChI is InChI=1S/C15H21N3O2/c1-2-19-11-10-14-17-15(20-18-14)13(16)9-8-12-6-4-3-5-7-12/h3-7,13H,2,8-11,16H2,1H3/t13-/m0/s1. The minimum atomic E-state index is -0.219. The second kappa shape index (κ2) is 7.77. The van der Waals surface area contributed by atoms with Crippen LogP contribution in [0.2, 0.25) is 0 Å². The molecule has 1 aromatic heterocycles. The molecule has 1 aromatic carbocycles. The van der Waals surface area contributed by atoms with Crippen molar-refractivity contribution in [3.8, 4) is 0 Å². The normalized spacial score (nSPS) is 12.5. The fourth-order valence-electron chi connectivity index (χ4n) is 1.92. The predicted molar refractivity (Wildman–Crippen MR) is 76.2 cm³/mol. The molecule has 20 heavy (non-hydrogen) atoms. The summed E-state index contributed by atoms with van der Waals surface area (Å²) in [6, 6.07) is 10.0. The molecule has 2 N–H and O–H groups in total. The van der Waals surface area contributed by atoms with Crippen LogP contribution >= 0.6 is 0 Å². The van der Waals surface area contributed by atoms with Crippen LogP contribution in [-0.2, 0) is 17.6 Å². The van der Waals surface area contributed by atoms with E-state index in [0.717, 1.165) is 12.8 Å². The van der Waals surface area contributed by atoms with Crippen LogP contribution in [0.5, 0.6) is 0 Å². The highest BCUT2D eigenvalue weighted by molar-refractivity contribution is 5.15. The average molecular weight is 275 g/mol. The first kappa shape index (κ1) is 14.7. The molecule has 0 spiro atoms. The third-order valence-corrected chi connectivity index (χ3v) is 3.06. The molecule has 1 heterocycles. The molecule has 0 bridgehead atoms. The van der Waals surface area contributed by atoms with Gasteiger partial charge in [0.15, 0.2) is 5.82 Å². The van der Waals surface area contributed by atoms with Gasteiger partial charge < -0.3 is 15.0 Å². The Balaban J connectivity index is 1.81.